The highest BCUT2D eigenvalue weighted by atomic mass is 15.3. The monoisotopic (exact) mass is 271 g/mol. The maximum Gasteiger partial charge on any atom is 0.155 e. The van der Waals surface area contributed by atoms with Gasteiger partial charge in [0.2, 0.25) is 0 Å². The molecule has 2 fully saturated rings. The van der Waals surface area contributed by atoms with E-state index in [1.165, 1.54) is 19.6 Å². The Morgan fingerprint density at radius 1 is 1.20 bits per heavy atom. The van der Waals surface area contributed by atoms with Gasteiger partial charge in [0.1, 0.15) is 5.52 Å². The summed E-state index contributed by atoms with van der Waals surface area (Å²) in [6.45, 7) is 10.3. The number of rotatable bonds is 2. The standard InChI is InChI=1S/C15H21N5/c1-3-18-7-12-9-19(10-13(12)8-18)15-14-4-5-16-20(14)6-11(2)17-15/h4-6,12-13H,3,7-10H2,1-2H3/t12-,13+. The van der Waals surface area contributed by atoms with Crippen molar-refractivity contribution in [2.75, 3.05) is 37.6 Å². The number of anilines is 1. The molecular formula is C15H21N5. The molecule has 0 radical (unpaired) electrons. The van der Waals surface area contributed by atoms with Crippen LogP contribution in [0.1, 0.15) is 12.6 Å². The van der Waals surface area contributed by atoms with Crippen LogP contribution in [0.3, 0.4) is 0 Å². The van der Waals surface area contributed by atoms with E-state index in [0.29, 0.717) is 0 Å². The van der Waals surface area contributed by atoms with Crippen molar-refractivity contribution in [1.82, 2.24) is 19.5 Å². The zero-order valence-electron chi connectivity index (χ0n) is 12.2. The molecule has 2 aliphatic heterocycles. The van der Waals surface area contributed by atoms with E-state index >= 15 is 0 Å². The SMILES string of the molecule is CCN1C[C@@H]2CN(c3nc(C)cn4nccc34)C[C@@H]2C1. The van der Waals surface area contributed by atoms with Crippen LogP contribution in [0.5, 0.6) is 0 Å². The molecule has 0 amide bonds. The van der Waals surface area contributed by atoms with Crippen LogP contribution in [0.2, 0.25) is 0 Å². The van der Waals surface area contributed by atoms with Crippen molar-refractivity contribution in [1.29, 1.82) is 0 Å². The van der Waals surface area contributed by atoms with Crippen molar-refractivity contribution >= 4 is 11.3 Å². The second-order valence-electron chi connectivity index (χ2n) is 6.14. The van der Waals surface area contributed by atoms with Gasteiger partial charge in [0.05, 0.1) is 18.1 Å². The maximum absolute atomic E-state index is 4.77. The van der Waals surface area contributed by atoms with Gasteiger partial charge in [-0.3, -0.25) is 0 Å². The van der Waals surface area contributed by atoms with Gasteiger partial charge in [-0.25, -0.2) is 9.50 Å². The molecule has 2 aromatic heterocycles. The summed E-state index contributed by atoms with van der Waals surface area (Å²) in [6.07, 6.45) is 3.85. The molecule has 5 nitrogen and oxygen atoms in total. The second kappa shape index (κ2) is 4.45. The molecule has 2 aliphatic rings. The van der Waals surface area contributed by atoms with Crippen molar-refractivity contribution in [3.8, 4) is 0 Å². The number of fused-ring (bicyclic) bond motifs is 2. The molecule has 4 rings (SSSR count). The molecule has 0 N–H and O–H groups in total. The smallest absolute Gasteiger partial charge is 0.155 e. The molecule has 2 atom stereocenters. The minimum Gasteiger partial charge on any atom is -0.354 e. The minimum atomic E-state index is 0.806. The van der Waals surface area contributed by atoms with Gasteiger partial charge in [-0.15, -0.1) is 0 Å². The van der Waals surface area contributed by atoms with E-state index in [-0.39, 0.29) is 0 Å². The Morgan fingerprint density at radius 2 is 1.95 bits per heavy atom. The average molecular weight is 271 g/mol. The van der Waals surface area contributed by atoms with E-state index in [1.54, 1.807) is 0 Å². The van der Waals surface area contributed by atoms with Gasteiger partial charge in [0.25, 0.3) is 0 Å². The first kappa shape index (κ1) is 12.1. The summed E-state index contributed by atoms with van der Waals surface area (Å²) in [5.74, 6) is 2.72. The third kappa shape index (κ3) is 1.80. The molecule has 2 aromatic rings. The zero-order chi connectivity index (χ0) is 13.7. The summed E-state index contributed by atoms with van der Waals surface area (Å²) in [6, 6.07) is 2.06. The van der Waals surface area contributed by atoms with Gasteiger partial charge in [0.15, 0.2) is 5.82 Å². The molecule has 0 aliphatic carbocycles. The maximum atomic E-state index is 4.77. The number of nitrogens with zero attached hydrogens (tertiary/aromatic N) is 5. The third-order valence-electron chi connectivity index (χ3n) is 4.80. The van der Waals surface area contributed by atoms with Crippen molar-refractivity contribution in [2.45, 2.75) is 13.8 Å². The summed E-state index contributed by atoms with van der Waals surface area (Å²) in [7, 11) is 0. The van der Waals surface area contributed by atoms with Crippen LogP contribution in [0.25, 0.3) is 5.52 Å². The predicted octanol–water partition coefficient (Wildman–Crippen LogP) is 1.43. The van der Waals surface area contributed by atoms with Crippen LogP contribution >= 0.6 is 0 Å². The Bertz CT molecular complexity index is 620. The fourth-order valence-corrected chi connectivity index (χ4v) is 3.78. The Morgan fingerprint density at radius 3 is 2.65 bits per heavy atom. The van der Waals surface area contributed by atoms with Crippen LogP contribution in [0.15, 0.2) is 18.5 Å². The molecular weight excluding hydrogens is 250 g/mol. The molecule has 20 heavy (non-hydrogen) atoms. The number of hydrogen-bond donors (Lipinski definition) is 0. The Balaban J connectivity index is 1.64. The van der Waals surface area contributed by atoms with Gasteiger partial charge in [-0.1, -0.05) is 6.92 Å². The highest BCUT2D eigenvalue weighted by molar-refractivity contribution is 5.69. The molecule has 0 spiro atoms. The van der Waals surface area contributed by atoms with Crippen LogP contribution < -0.4 is 4.90 Å². The minimum absolute atomic E-state index is 0.806. The number of hydrogen-bond acceptors (Lipinski definition) is 4. The van der Waals surface area contributed by atoms with Crippen molar-refractivity contribution in [2.24, 2.45) is 11.8 Å². The van der Waals surface area contributed by atoms with E-state index in [9.17, 15) is 0 Å². The molecule has 0 bridgehead atoms. The first-order valence-electron chi connectivity index (χ1n) is 7.53. The lowest BCUT2D eigenvalue weighted by Crippen LogP contribution is -2.29. The first-order valence-corrected chi connectivity index (χ1v) is 7.53. The topological polar surface area (TPSA) is 36.7 Å². The predicted molar refractivity (Wildman–Crippen MR) is 79.0 cm³/mol. The number of likely N-dealkylation sites (tertiary alicyclic amines) is 1. The Hall–Kier alpha value is -1.62. The summed E-state index contributed by atoms with van der Waals surface area (Å²) in [4.78, 5) is 9.81. The van der Waals surface area contributed by atoms with Crippen molar-refractivity contribution < 1.29 is 0 Å². The fraction of sp³-hybridized carbons (Fsp3) is 0.600. The molecule has 0 unspecified atom stereocenters. The summed E-state index contributed by atoms with van der Waals surface area (Å²) in [5.41, 5.74) is 2.16. The number of aromatic nitrogens is 3. The highest BCUT2D eigenvalue weighted by Crippen LogP contribution is 2.34. The fourth-order valence-electron chi connectivity index (χ4n) is 3.78. The summed E-state index contributed by atoms with van der Waals surface area (Å²) >= 11 is 0. The summed E-state index contributed by atoms with van der Waals surface area (Å²) < 4.78 is 1.95. The van der Waals surface area contributed by atoms with Crippen molar-refractivity contribution in [3.05, 3.63) is 24.2 Å². The third-order valence-corrected chi connectivity index (χ3v) is 4.80. The quantitative estimate of drug-likeness (QED) is 0.828. The molecule has 4 heterocycles. The first-order chi connectivity index (χ1) is 9.74. The number of aryl methyl sites for hydroxylation is 1. The molecule has 106 valence electrons. The average Bonchev–Trinajstić information content (AvgIpc) is 3.10. The van der Waals surface area contributed by atoms with Gasteiger partial charge < -0.3 is 9.80 Å². The van der Waals surface area contributed by atoms with E-state index in [0.717, 1.165) is 42.0 Å². The second-order valence-corrected chi connectivity index (χ2v) is 6.14. The van der Waals surface area contributed by atoms with Gasteiger partial charge in [0, 0.05) is 26.2 Å². The lowest BCUT2D eigenvalue weighted by Gasteiger charge is -2.22. The summed E-state index contributed by atoms with van der Waals surface area (Å²) in [5, 5.41) is 4.35. The van der Waals surface area contributed by atoms with Crippen molar-refractivity contribution in [3.63, 3.8) is 0 Å². The highest BCUT2D eigenvalue weighted by Gasteiger charge is 2.40. The molecule has 0 saturated carbocycles. The largest absolute Gasteiger partial charge is 0.354 e. The molecule has 2 saturated heterocycles. The van der Waals surface area contributed by atoms with Crippen LogP contribution in [-0.4, -0.2) is 52.2 Å². The van der Waals surface area contributed by atoms with Gasteiger partial charge >= 0.3 is 0 Å². The van der Waals surface area contributed by atoms with E-state index < -0.39 is 0 Å². The van der Waals surface area contributed by atoms with Crippen LogP contribution in [0.4, 0.5) is 5.82 Å². The van der Waals surface area contributed by atoms with Gasteiger partial charge in [-0.05, 0) is 31.4 Å². The lowest BCUT2D eigenvalue weighted by molar-refractivity contribution is 0.334. The van der Waals surface area contributed by atoms with Crippen LogP contribution in [0, 0.1) is 18.8 Å². The zero-order valence-corrected chi connectivity index (χ0v) is 12.2. The molecule has 0 aromatic carbocycles. The normalized spacial score (nSPS) is 26.6. The van der Waals surface area contributed by atoms with E-state index in [1.807, 2.05) is 23.8 Å². The van der Waals surface area contributed by atoms with Gasteiger partial charge in [-0.2, -0.15) is 5.10 Å². The lowest BCUT2D eigenvalue weighted by atomic mass is 10.0. The van der Waals surface area contributed by atoms with E-state index in [2.05, 4.69) is 27.9 Å². The van der Waals surface area contributed by atoms with E-state index in [4.69, 9.17) is 4.98 Å². The Labute approximate surface area is 119 Å². The van der Waals surface area contributed by atoms with Crippen LogP contribution in [-0.2, 0) is 0 Å². The molecule has 5 heteroatoms. The Kier molecular flexibility index (Phi) is 2.70.